The van der Waals surface area contributed by atoms with Crippen LogP contribution < -0.4 is 5.32 Å². The molecule has 0 saturated carbocycles. The van der Waals surface area contributed by atoms with Crippen LogP contribution in [0.4, 0.5) is 26.3 Å². The van der Waals surface area contributed by atoms with E-state index in [4.69, 9.17) is 0 Å². The maximum absolute atomic E-state index is 13.3. The van der Waals surface area contributed by atoms with E-state index in [0.717, 1.165) is 43.2 Å². The van der Waals surface area contributed by atoms with E-state index in [1.54, 1.807) is 0 Å². The van der Waals surface area contributed by atoms with Gasteiger partial charge >= 0.3 is 12.4 Å². The molecule has 2 heterocycles. The molecule has 1 aliphatic rings. The zero-order valence-electron chi connectivity index (χ0n) is 14.6. The van der Waals surface area contributed by atoms with Crippen LogP contribution in [0.5, 0.6) is 0 Å². The van der Waals surface area contributed by atoms with Gasteiger partial charge in [-0.05, 0) is 49.2 Å². The van der Waals surface area contributed by atoms with Gasteiger partial charge in [-0.15, -0.1) is 0 Å². The predicted octanol–water partition coefficient (Wildman–Crippen LogP) is 4.96. The van der Waals surface area contributed by atoms with Crippen molar-refractivity contribution in [2.45, 2.75) is 43.8 Å². The maximum Gasteiger partial charge on any atom is 0.433 e. The Kier molecular flexibility index (Phi) is 5.67. The monoisotopic (exact) mass is 404 g/mol. The standard InChI is InChI=1S/C19H18F6N2O/c20-18(21,22)13-6-4-11(5-7-13)15-9-12(10-16(27-15)19(23,24)25)17(28)14-3-1-2-8-26-14/h4-7,9-10,14,17,26,28H,1-3,8H2/t14?,17-/m1/s1. The van der Waals surface area contributed by atoms with Crippen molar-refractivity contribution in [1.29, 1.82) is 0 Å². The van der Waals surface area contributed by atoms with Crippen molar-refractivity contribution in [2.75, 3.05) is 6.54 Å². The van der Waals surface area contributed by atoms with Crippen LogP contribution in [-0.2, 0) is 12.4 Å². The van der Waals surface area contributed by atoms with Crippen LogP contribution in [0.2, 0.25) is 0 Å². The fourth-order valence-corrected chi connectivity index (χ4v) is 3.23. The molecular formula is C19H18F6N2O. The van der Waals surface area contributed by atoms with Crippen molar-refractivity contribution in [3.8, 4) is 11.3 Å². The minimum atomic E-state index is -4.75. The van der Waals surface area contributed by atoms with Crippen LogP contribution in [0, 0.1) is 0 Å². The van der Waals surface area contributed by atoms with Gasteiger partial charge in [0.25, 0.3) is 0 Å². The van der Waals surface area contributed by atoms with E-state index in [0.29, 0.717) is 13.0 Å². The summed E-state index contributed by atoms with van der Waals surface area (Å²) in [6.07, 6.45) is -8.11. The Balaban J connectivity index is 2.00. The number of aliphatic hydroxyl groups excluding tert-OH is 1. The highest BCUT2D eigenvalue weighted by Crippen LogP contribution is 2.35. The number of piperidine rings is 1. The molecule has 1 aromatic carbocycles. The van der Waals surface area contributed by atoms with Gasteiger partial charge in [-0.25, -0.2) is 4.98 Å². The number of aliphatic hydroxyl groups is 1. The van der Waals surface area contributed by atoms with Crippen LogP contribution in [0.3, 0.4) is 0 Å². The van der Waals surface area contributed by atoms with Gasteiger partial charge < -0.3 is 10.4 Å². The highest BCUT2D eigenvalue weighted by molar-refractivity contribution is 5.61. The molecule has 0 spiro atoms. The van der Waals surface area contributed by atoms with Gasteiger partial charge in [0, 0.05) is 11.6 Å². The lowest BCUT2D eigenvalue weighted by molar-refractivity contribution is -0.141. The molecule has 1 unspecified atom stereocenters. The molecule has 0 radical (unpaired) electrons. The maximum atomic E-state index is 13.3. The second-order valence-electron chi connectivity index (χ2n) is 6.75. The van der Waals surface area contributed by atoms with Gasteiger partial charge in [-0.3, -0.25) is 0 Å². The summed E-state index contributed by atoms with van der Waals surface area (Å²) in [5.41, 5.74) is -2.13. The van der Waals surface area contributed by atoms with E-state index in [9.17, 15) is 31.4 Å². The number of alkyl halides is 6. The number of rotatable bonds is 3. The van der Waals surface area contributed by atoms with E-state index < -0.39 is 35.8 Å². The fourth-order valence-electron chi connectivity index (χ4n) is 3.23. The van der Waals surface area contributed by atoms with Crippen LogP contribution >= 0.6 is 0 Å². The van der Waals surface area contributed by atoms with Gasteiger partial charge in [0.1, 0.15) is 5.69 Å². The van der Waals surface area contributed by atoms with Crippen molar-refractivity contribution in [3.05, 3.63) is 53.2 Å². The van der Waals surface area contributed by atoms with E-state index in [-0.39, 0.29) is 16.8 Å². The summed E-state index contributed by atoms with van der Waals surface area (Å²) in [4.78, 5) is 3.56. The van der Waals surface area contributed by atoms with Crippen molar-refractivity contribution < 1.29 is 31.4 Å². The molecule has 1 aliphatic heterocycles. The summed E-state index contributed by atoms with van der Waals surface area (Å²) < 4.78 is 78.0. The van der Waals surface area contributed by atoms with Gasteiger partial charge in [-0.2, -0.15) is 26.3 Å². The Morgan fingerprint density at radius 3 is 2.18 bits per heavy atom. The van der Waals surface area contributed by atoms with Crippen LogP contribution in [0.15, 0.2) is 36.4 Å². The molecule has 1 aromatic heterocycles. The third kappa shape index (κ3) is 4.64. The highest BCUT2D eigenvalue weighted by Gasteiger charge is 2.35. The zero-order valence-corrected chi connectivity index (χ0v) is 14.6. The summed E-state index contributed by atoms with van der Waals surface area (Å²) in [6.45, 7) is 0.657. The molecule has 1 fully saturated rings. The smallest absolute Gasteiger partial charge is 0.387 e. The first-order valence-electron chi connectivity index (χ1n) is 8.74. The SMILES string of the molecule is O[C@H](c1cc(-c2ccc(C(F)(F)F)cc2)nc(C(F)(F)F)c1)C1CCCCN1. The molecule has 9 heteroatoms. The number of hydrogen-bond donors (Lipinski definition) is 2. The first-order valence-corrected chi connectivity index (χ1v) is 8.74. The quantitative estimate of drug-likeness (QED) is 0.711. The number of aromatic nitrogens is 1. The van der Waals surface area contributed by atoms with Crippen molar-refractivity contribution >= 4 is 0 Å². The Morgan fingerprint density at radius 1 is 0.964 bits per heavy atom. The number of nitrogens with zero attached hydrogens (tertiary/aromatic N) is 1. The number of hydrogen-bond acceptors (Lipinski definition) is 3. The summed E-state index contributed by atoms with van der Waals surface area (Å²) in [5.74, 6) is 0. The van der Waals surface area contributed by atoms with E-state index >= 15 is 0 Å². The minimum Gasteiger partial charge on any atom is -0.387 e. The highest BCUT2D eigenvalue weighted by atomic mass is 19.4. The summed E-state index contributed by atoms with van der Waals surface area (Å²) >= 11 is 0. The van der Waals surface area contributed by atoms with Gasteiger partial charge in [-0.1, -0.05) is 18.6 Å². The lowest BCUT2D eigenvalue weighted by Gasteiger charge is -2.28. The molecule has 2 aromatic rings. The van der Waals surface area contributed by atoms with Crippen LogP contribution in [0.1, 0.15) is 42.2 Å². The molecule has 0 amide bonds. The molecule has 1 saturated heterocycles. The average molecular weight is 404 g/mol. The van der Waals surface area contributed by atoms with Gasteiger partial charge in [0.15, 0.2) is 0 Å². The Morgan fingerprint density at radius 2 is 1.64 bits per heavy atom. The molecule has 3 nitrogen and oxygen atoms in total. The second-order valence-corrected chi connectivity index (χ2v) is 6.75. The van der Waals surface area contributed by atoms with Crippen molar-refractivity contribution in [3.63, 3.8) is 0 Å². The van der Waals surface area contributed by atoms with Crippen molar-refractivity contribution in [1.82, 2.24) is 10.3 Å². The second kappa shape index (κ2) is 7.71. The van der Waals surface area contributed by atoms with E-state index in [2.05, 4.69) is 10.3 Å². The van der Waals surface area contributed by atoms with E-state index in [1.807, 2.05) is 0 Å². The molecule has 0 aliphatic carbocycles. The molecule has 28 heavy (non-hydrogen) atoms. The van der Waals surface area contributed by atoms with Crippen LogP contribution in [-0.4, -0.2) is 22.7 Å². The molecule has 2 atom stereocenters. The van der Waals surface area contributed by atoms with E-state index in [1.165, 1.54) is 6.07 Å². The topological polar surface area (TPSA) is 45.2 Å². The van der Waals surface area contributed by atoms with Crippen LogP contribution in [0.25, 0.3) is 11.3 Å². The third-order valence-electron chi connectivity index (χ3n) is 4.72. The fraction of sp³-hybridized carbons (Fsp3) is 0.421. The lowest BCUT2D eigenvalue weighted by Crippen LogP contribution is -2.38. The number of halogens is 6. The largest absolute Gasteiger partial charge is 0.433 e. The molecule has 2 N–H and O–H groups in total. The lowest BCUT2D eigenvalue weighted by atomic mass is 9.93. The predicted molar refractivity (Wildman–Crippen MR) is 90.3 cm³/mol. The first kappa shape index (κ1) is 20.6. The zero-order chi connectivity index (χ0) is 20.5. The molecule has 0 bridgehead atoms. The number of pyridine rings is 1. The molecule has 3 rings (SSSR count). The summed E-state index contributed by atoms with van der Waals surface area (Å²) in [6, 6.07) is 5.40. The molecule has 152 valence electrons. The summed E-state index contributed by atoms with van der Waals surface area (Å²) in [5, 5.41) is 13.6. The summed E-state index contributed by atoms with van der Waals surface area (Å²) in [7, 11) is 0. The Hall–Kier alpha value is -2.13. The number of nitrogens with one attached hydrogen (secondary N) is 1. The third-order valence-corrected chi connectivity index (χ3v) is 4.72. The van der Waals surface area contributed by atoms with Crippen molar-refractivity contribution in [2.24, 2.45) is 0 Å². The molecular weight excluding hydrogens is 386 g/mol. The minimum absolute atomic E-state index is 0.0247. The Bertz CT molecular complexity index is 811. The Labute approximate surface area is 157 Å². The van der Waals surface area contributed by atoms with Gasteiger partial charge in [0.2, 0.25) is 0 Å². The first-order chi connectivity index (χ1) is 13.1. The number of benzene rings is 1. The average Bonchev–Trinajstić information content (AvgIpc) is 2.66. The normalized spacial score (nSPS) is 19.5. The van der Waals surface area contributed by atoms with Gasteiger partial charge in [0.05, 0.1) is 17.4 Å².